The summed E-state index contributed by atoms with van der Waals surface area (Å²) >= 11 is 5.68. The first-order valence-electron chi connectivity index (χ1n) is 3.75. The molecule has 0 aliphatic carbocycles. The monoisotopic (exact) mass is 186 g/mol. The van der Waals surface area contributed by atoms with Crippen molar-refractivity contribution in [1.29, 1.82) is 0 Å². The molecule has 0 aliphatic heterocycles. The van der Waals surface area contributed by atoms with Crippen LogP contribution in [0.1, 0.15) is 13.3 Å². The first kappa shape index (κ1) is 9.06. The number of nitrogen functional groups attached to an aromatic ring is 1. The number of aromatic nitrogens is 2. The highest BCUT2D eigenvalue weighted by molar-refractivity contribution is 6.32. The second-order valence-electron chi connectivity index (χ2n) is 2.35. The van der Waals surface area contributed by atoms with Crippen molar-refractivity contribution >= 4 is 23.1 Å². The Morgan fingerprint density at radius 1 is 1.58 bits per heavy atom. The Kier molecular flexibility index (Phi) is 3.10. The maximum Gasteiger partial charge on any atom is 0.157 e. The predicted molar refractivity (Wildman–Crippen MR) is 50.2 cm³/mol. The van der Waals surface area contributed by atoms with Gasteiger partial charge in [0.25, 0.3) is 0 Å². The van der Waals surface area contributed by atoms with Crippen molar-refractivity contribution in [1.82, 2.24) is 9.97 Å². The number of anilines is 2. The number of halogens is 1. The summed E-state index contributed by atoms with van der Waals surface area (Å²) in [7, 11) is 0. The molecule has 1 aromatic rings. The molecule has 0 aliphatic rings. The zero-order chi connectivity index (χ0) is 8.97. The summed E-state index contributed by atoms with van der Waals surface area (Å²) in [5.41, 5.74) is 6.01. The van der Waals surface area contributed by atoms with Crippen LogP contribution in [-0.4, -0.2) is 16.5 Å². The largest absolute Gasteiger partial charge is 0.393 e. The van der Waals surface area contributed by atoms with E-state index in [1.165, 1.54) is 6.33 Å². The zero-order valence-electron chi connectivity index (χ0n) is 6.84. The Morgan fingerprint density at radius 2 is 2.33 bits per heavy atom. The fourth-order valence-electron chi connectivity index (χ4n) is 0.758. The van der Waals surface area contributed by atoms with Crippen LogP contribution in [0.2, 0.25) is 5.15 Å². The molecule has 5 heteroatoms. The van der Waals surface area contributed by atoms with Crippen LogP contribution < -0.4 is 11.1 Å². The molecule has 1 heterocycles. The SMILES string of the molecule is CCCNc1ncnc(Cl)c1N. The van der Waals surface area contributed by atoms with Gasteiger partial charge in [-0.2, -0.15) is 0 Å². The first-order chi connectivity index (χ1) is 5.75. The molecule has 0 amide bonds. The summed E-state index contributed by atoms with van der Waals surface area (Å²) in [6.07, 6.45) is 2.40. The lowest BCUT2D eigenvalue weighted by Crippen LogP contribution is -2.06. The van der Waals surface area contributed by atoms with E-state index in [9.17, 15) is 0 Å². The molecule has 3 N–H and O–H groups in total. The van der Waals surface area contributed by atoms with E-state index in [4.69, 9.17) is 17.3 Å². The number of nitrogens with two attached hydrogens (primary N) is 1. The Labute approximate surface area is 76.2 Å². The van der Waals surface area contributed by atoms with Crippen molar-refractivity contribution in [3.05, 3.63) is 11.5 Å². The van der Waals surface area contributed by atoms with Gasteiger partial charge in [0, 0.05) is 6.54 Å². The molecule has 1 aromatic heterocycles. The summed E-state index contributed by atoms with van der Waals surface area (Å²) in [5, 5.41) is 3.34. The van der Waals surface area contributed by atoms with Gasteiger partial charge in [-0.25, -0.2) is 9.97 Å². The minimum atomic E-state index is 0.295. The standard InChI is InChI=1S/C7H11ClN4/c1-2-3-10-7-5(9)6(8)11-4-12-7/h4H,2-3,9H2,1H3,(H,10,11,12). The minimum Gasteiger partial charge on any atom is -0.393 e. The van der Waals surface area contributed by atoms with Crippen LogP contribution in [0, 0.1) is 0 Å². The molecule has 0 radical (unpaired) electrons. The number of hydrogen-bond acceptors (Lipinski definition) is 4. The Bertz CT molecular complexity index is 264. The molecule has 1 rings (SSSR count). The molecular weight excluding hydrogens is 176 g/mol. The average molecular weight is 187 g/mol. The van der Waals surface area contributed by atoms with E-state index in [2.05, 4.69) is 22.2 Å². The molecule has 0 saturated heterocycles. The summed E-state index contributed by atoms with van der Waals surface area (Å²) in [6.45, 7) is 2.89. The topological polar surface area (TPSA) is 63.8 Å². The molecule has 0 bridgehead atoms. The van der Waals surface area contributed by atoms with Gasteiger partial charge < -0.3 is 11.1 Å². The number of hydrogen-bond donors (Lipinski definition) is 2. The van der Waals surface area contributed by atoms with E-state index in [1.807, 2.05) is 0 Å². The van der Waals surface area contributed by atoms with Crippen molar-refractivity contribution in [2.75, 3.05) is 17.6 Å². The quantitative estimate of drug-likeness (QED) is 0.703. The smallest absolute Gasteiger partial charge is 0.157 e. The van der Waals surface area contributed by atoms with E-state index in [-0.39, 0.29) is 0 Å². The molecule has 0 atom stereocenters. The van der Waals surface area contributed by atoms with Crippen LogP contribution in [-0.2, 0) is 0 Å². The van der Waals surface area contributed by atoms with E-state index >= 15 is 0 Å². The van der Waals surface area contributed by atoms with Crippen LogP contribution >= 0.6 is 11.6 Å². The van der Waals surface area contributed by atoms with Gasteiger partial charge in [-0.05, 0) is 6.42 Å². The molecule has 12 heavy (non-hydrogen) atoms. The zero-order valence-corrected chi connectivity index (χ0v) is 7.60. The van der Waals surface area contributed by atoms with Crippen molar-refractivity contribution in [3.8, 4) is 0 Å². The summed E-state index contributed by atoms with van der Waals surface area (Å²) in [5.74, 6) is 0.608. The summed E-state index contributed by atoms with van der Waals surface area (Å²) in [4.78, 5) is 7.68. The van der Waals surface area contributed by atoms with Crippen molar-refractivity contribution in [2.24, 2.45) is 0 Å². The van der Waals surface area contributed by atoms with Gasteiger partial charge in [0.15, 0.2) is 11.0 Å². The summed E-state index contributed by atoms with van der Waals surface area (Å²) < 4.78 is 0. The van der Waals surface area contributed by atoms with E-state index in [0.717, 1.165) is 13.0 Å². The lowest BCUT2D eigenvalue weighted by molar-refractivity contribution is 0.966. The Balaban J connectivity index is 2.78. The van der Waals surface area contributed by atoms with E-state index in [1.54, 1.807) is 0 Å². The third kappa shape index (κ3) is 1.98. The van der Waals surface area contributed by atoms with Gasteiger partial charge in [-0.1, -0.05) is 18.5 Å². The fourth-order valence-corrected chi connectivity index (χ4v) is 0.891. The highest BCUT2D eigenvalue weighted by atomic mass is 35.5. The highest BCUT2D eigenvalue weighted by Crippen LogP contribution is 2.21. The van der Waals surface area contributed by atoms with Crippen molar-refractivity contribution in [2.45, 2.75) is 13.3 Å². The molecular formula is C7H11ClN4. The molecule has 0 spiro atoms. The van der Waals surface area contributed by atoms with Gasteiger partial charge >= 0.3 is 0 Å². The van der Waals surface area contributed by atoms with Crippen LogP contribution in [0.25, 0.3) is 0 Å². The lowest BCUT2D eigenvalue weighted by Gasteiger charge is -2.06. The van der Waals surface area contributed by atoms with E-state index < -0.39 is 0 Å². The number of rotatable bonds is 3. The Morgan fingerprint density at radius 3 is 3.00 bits per heavy atom. The van der Waals surface area contributed by atoms with Gasteiger partial charge in [-0.15, -0.1) is 0 Å². The highest BCUT2D eigenvalue weighted by Gasteiger charge is 2.03. The fraction of sp³-hybridized carbons (Fsp3) is 0.429. The van der Waals surface area contributed by atoms with Crippen LogP contribution in [0.4, 0.5) is 11.5 Å². The third-order valence-corrected chi connectivity index (χ3v) is 1.68. The normalized spacial score (nSPS) is 9.83. The Hall–Kier alpha value is -1.03. The van der Waals surface area contributed by atoms with Gasteiger partial charge in [0.1, 0.15) is 12.0 Å². The van der Waals surface area contributed by atoms with Crippen LogP contribution in [0.15, 0.2) is 6.33 Å². The second-order valence-corrected chi connectivity index (χ2v) is 2.71. The maximum absolute atomic E-state index is 5.68. The average Bonchev–Trinajstić information content (AvgIpc) is 2.08. The predicted octanol–water partition coefficient (Wildman–Crippen LogP) is 1.53. The number of nitrogens with one attached hydrogen (secondary N) is 1. The second kappa shape index (κ2) is 4.11. The number of nitrogens with zero attached hydrogens (tertiary/aromatic N) is 2. The minimum absolute atomic E-state index is 0.295. The van der Waals surface area contributed by atoms with Crippen LogP contribution in [0.3, 0.4) is 0 Å². The molecule has 0 aromatic carbocycles. The molecule has 0 saturated carbocycles. The molecule has 66 valence electrons. The molecule has 0 fully saturated rings. The molecule has 0 unspecified atom stereocenters. The van der Waals surface area contributed by atoms with E-state index in [0.29, 0.717) is 16.7 Å². The third-order valence-electron chi connectivity index (χ3n) is 1.38. The van der Waals surface area contributed by atoms with Crippen molar-refractivity contribution < 1.29 is 0 Å². The first-order valence-corrected chi connectivity index (χ1v) is 4.13. The molecule has 4 nitrogen and oxygen atoms in total. The maximum atomic E-state index is 5.68. The summed E-state index contributed by atoms with van der Waals surface area (Å²) in [6, 6.07) is 0. The van der Waals surface area contributed by atoms with Gasteiger partial charge in [0.05, 0.1) is 0 Å². The lowest BCUT2D eigenvalue weighted by atomic mass is 10.4. The van der Waals surface area contributed by atoms with Crippen molar-refractivity contribution in [3.63, 3.8) is 0 Å². The van der Waals surface area contributed by atoms with Crippen LogP contribution in [0.5, 0.6) is 0 Å². The van der Waals surface area contributed by atoms with Gasteiger partial charge in [0.2, 0.25) is 0 Å². The van der Waals surface area contributed by atoms with Gasteiger partial charge in [-0.3, -0.25) is 0 Å².